The highest BCUT2D eigenvalue weighted by Gasteiger charge is 2.39. The number of pyridine rings is 1. The van der Waals surface area contributed by atoms with Gasteiger partial charge in [-0.1, -0.05) is 17.7 Å². The van der Waals surface area contributed by atoms with Crippen LogP contribution < -0.4 is 10.6 Å². The summed E-state index contributed by atoms with van der Waals surface area (Å²) in [7, 11) is 0. The first-order valence-corrected chi connectivity index (χ1v) is 8.28. The summed E-state index contributed by atoms with van der Waals surface area (Å²) in [5.41, 5.74) is -1.09. The van der Waals surface area contributed by atoms with Crippen molar-refractivity contribution < 1.29 is 36.2 Å². The molecule has 0 aliphatic carbocycles. The summed E-state index contributed by atoms with van der Waals surface area (Å²) in [6, 6.07) is 3.00. The van der Waals surface area contributed by atoms with E-state index < -0.39 is 35.6 Å². The van der Waals surface area contributed by atoms with Gasteiger partial charge in [0.2, 0.25) is 0 Å². The number of alkyl halides is 6. The Morgan fingerprint density at radius 1 is 1.21 bits per heavy atom. The number of rotatable bonds is 4. The number of carbonyl (C=O) groups is 1. The topological polar surface area (TPSA) is 74.2 Å². The second kappa shape index (κ2) is 8.46. The number of aromatic nitrogens is 1. The first kappa shape index (κ1) is 22.8. The Morgan fingerprint density at radius 2 is 1.86 bits per heavy atom. The molecule has 5 nitrogen and oxygen atoms in total. The summed E-state index contributed by atoms with van der Waals surface area (Å²) in [4.78, 5) is 15.6. The monoisotopic (exact) mass is 441 g/mol. The van der Waals surface area contributed by atoms with Crippen LogP contribution in [0, 0.1) is 6.92 Å². The first-order chi connectivity index (χ1) is 13.3. The molecule has 12 heteroatoms. The molecule has 0 bridgehead atoms. The Bertz CT molecular complexity index is 861. The maximum Gasteiger partial charge on any atom is 0.418 e. The van der Waals surface area contributed by atoms with Crippen LogP contribution in [-0.4, -0.2) is 22.3 Å². The number of hydrogen-bond acceptors (Lipinski definition) is 3. The minimum Gasteiger partial charge on any atom is -0.379 e. The predicted molar refractivity (Wildman–Crippen MR) is 92.3 cm³/mol. The highest BCUT2D eigenvalue weighted by atomic mass is 35.5. The SMILES string of the molecule is Cc1cc(C(O)C(F)(F)F)cc(Cl)c1NC(=O)NCc1ccc(C(F)(F)F)cn1. The number of hydrogen-bond donors (Lipinski definition) is 3. The second-order valence-corrected chi connectivity index (χ2v) is 6.39. The Kier molecular flexibility index (Phi) is 6.63. The van der Waals surface area contributed by atoms with Crippen molar-refractivity contribution in [2.45, 2.75) is 31.9 Å². The molecular weight excluding hydrogens is 428 g/mol. The summed E-state index contributed by atoms with van der Waals surface area (Å²) in [5, 5.41) is 13.7. The van der Waals surface area contributed by atoms with Crippen LogP contribution in [-0.2, 0) is 12.7 Å². The lowest BCUT2D eigenvalue weighted by atomic mass is 10.0. The predicted octanol–water partition coefficient (Wildman–Crippen LogP) is 4.98. The van der Waals surface area contributed by atoms with Crippen molar-refractivity contribution in [3.63, 3.8) is 0 Å². The number of nitrogens with zero attached hydrogens (tertiary/aromatic N) is 1. The molecule has 0 saturated heterocycles. The highest BCUT2D eigenvalue weighted by molar-refractivity contribution is 6.34. The highest BCUT2D eigenvalue weighted by Crippen LogP contribution is 2.36. The first-order valence-electron chi connectivity index (χ1n) is 7.91. The lowest BCUT2D eigenvalue weighted by molar-refractivity contribution is -0.206. The van der Waals surface area contributed by atoms with Gasteiger partial charge in [-0.15, -0.1) is 0 Å². The van der Waals surface area contributed by atoms with Gasteiger partial charge in [0.1, 0.15) is 0 Å². The number of aliphatic hydroxyl groups excluding tert-OH is 1. The number of urea groups is 1. The van der Waals surface area contributed by atoms with E-state index in [4.69, 9.17) is 11.6 Å². The molecule has 1 aromatic heterocycles. The fourth-order valence-electron chi connectivity index (χ4n) is 2.30. The van der Waals surface area contributed by atoms with Gasteiger partial charge in [0.15, 0.2) is 6.10 Å². The average molecular weight is 442 g/mol. The maximum atomic E-state index is 12.6. The van der Waals surface area contributed by atoms with Crippen LogP contribution in [0.15, 0.2) is 30.5 Å². The second-order valence-electron chi connectivity index (χ2n) is 5.98. The van der Waals surface area contributed by atoms with Crippen molar-refractivity contribution in [3.8, 4) is 0 Å². The normalized spacial score (nSPS) is 13.1. The number of carbonyl (C=O) groups excluding carboxylic acids is 1. The third-order valence-electron chi connectivity index (χ3n) is 3.76. The molecule has 158 valence electrons. The van der Waals surface area contributed by atoms with Crippen LogP contribution in [0.4, 0.5) is 36.8 Å². The van der Waals surface area contributed by atoms with E-state index in [2.05, 4.69) is 15.6 Å². The lowest BCUT2D eigenvalue weighted by Crippen LogP contribution is -2.29. The molecule has 0 spiro atoms. The summed E-state index contributed by atoms with van der Waals surface area (Å²) in [5.74, 6) is 0. The van der Waals surface area contributed by atoms with Gasteiger partial charge in [-0.05, 0) is 36.2 Å². The zero-order valence-electron chi connectivity index (χ0n) is 14.6. The Labute approximate surface area is 165 Å². The Hall–Kier alpha value is -2.53. The Balaban J connectivity index is 2.04. The van der Waals surface area contributed by atoms with Crippen LogP contribution in [0.2, 0.25) is 5.02 Å². The summed E-state index contributed by atoms with van der Waals surface area (Å²) in [6.45, 7) is 1.18. The zero-order chi connectivity index (χ0) is 22.0. The van der Waals surface area contributed by atoms with E-state index in [9.17, 15) is 36.2 Å². The number of anilines is 1. The Morgan fingerprint density at radius 3 is 2.34 bits per heavy atom. The van der Waals surface area contributed by atoms with Crippen LogP contribution in [0.5, 0.6) is 0 Å². The molecule has 2 aromatic rings. The fraction of sp³-hybridized carbons (Fsp3) is 0.294. The zero-order valence-corrected chi connectivity index (χ0v) is 15.4. The van der Waals surface area contributed by atoms with Crippen LogP contribution >= 0.6 is 11.6 Å². The van der Waals surface area contributed by atoms with Gasteiger partial charge in [0.05, 0.1) is 28.5 Å². The van der Waals surface area contributed by atoms with Gasteiger partial charge in [-0.3, -0.25) is 4.98 Å². The van der Waals surface area contributed by atoms with E-state index in [1.807, 2.05) is 0 Å². The van der Waals surface area contributed by atoms with E-state index in [0.29, 0.717) is 6.20 Å². The van der Waals surface area contributed by atoms with Gasteiger partial charge in [-0.25, -0.2) is 4.79 Å². The minimum atomic E-state index is -4.88. The average Bonchev–Trinajstić information content (AvgIpc) is 2.61. The molecular formula is C17H14ClF6N3O2. The van der Waals surface area contributed by atoms with Crippen LogP contribution in [0.25, 0.3) is 0 Å². The van der Waals surface area contributed by atoms with Crippen molar-refractivity contribution in [1.29, 1.82) is 0 Å². The van der Waals surface area contributed by atoms with Gasteiger partial charge < -0.3 is 15.7 Å². The molecule has 1 unspecified atom stereocenters. The molecule has 1 aromatic carbocycles. The van der Waals surface area contributed by atoms with Crippen molar-refractivity contribution in [3.05, 3.63) is 57.9 Å². The number of halogens is 7. The smallest absolute Gasteiger partial charge is 0.379 e. The van der Waals surface area contributed by atoms with Crippen molar-refractivity contribution >= 4 is 23.3 Å². The molecule has 0 aliphatic rings. The number of aryl methyl sites for hydroxylation is 1. The molecule has 0 aliphatic heterocycles. The van der Waals surface area contributed by atoms with E-state index in [1.165, 1.54) is 6.92 Å². The largest absolute Gasteiger partial charge is 0.418 e. The number of aliphatic hydroxyl groups is 1. The quantitative estimate of drug-likeness (QED) is 0.586. The lowest BCUT2D eigenvalue weighted by Gasteiger charge is -2.18. The summed E-state index contributed by atoms with van der Waals surface area (Å²) < 4.78 is 75.3. The third-order valence-corrected chi connectivity index (χ3v) is 4.05. The number of benzene rings is 1. The van der Waals surface area contributed by atoms with Gasteiger partial charge in [0, 0.05) is 6.20 Å². The maximum absolute atomic E-state index is 12.6. The van der Waals surface area contributed by atoms with E-state index in [0.717, 1.165) is 24.3 Å². The molecule has 0 fully saturated rings. The molecule has 2 rings (SSSR count). The van der Waals surface area contributed by atoms with E-state index in [-0.39, 0.29) is 28.5 Å². The van der Waals surface area contributed by atoms with Gasteiger partial charge in [0.25, 0.3) is 0 Å². The molecule has 0 radical (unpaired) electrons. The van der Waals surface area contributed by atoms with Crippen molar-refractivity contribution in [2.24, 2.45) is 0 Å². The molecule has 3 N–H and O–H groups in total. The van der Waals surface area contributed by atoms with E-state index >= 15 is 0 Å². The minimum absolute atomic E-state index is 0.0164. The standard InChI is InChI=1S/C17H14ClF6N3O2/c1-8-4-9(14(28)17(22,23)24)5-12(18)13(8)27-15(29)26-7-11-3-2-10(6-25-11)16(19,20)21/h2-6,14,28H,7H2,1H3,(H2,26,27,29). The molecule has 0 saturated carbocycles. The third kappa shape index (κ3) is 5.97. The fourth-order valence-corrected chi connectivity index (χ4v) is 2.62. The molecule has 1 heterocycles. The summed E-state index contributed by atoms with van der Waals surface area (Å²) in [6.07, 6.45) is -11.5. The molecule has 29 heavy (non-hydrogen) atoms. The van der Waals surface area contributed by atoms with Crippen LogP contribution in [0.3, 0.4) is 0 Å². The van der Waals surface area contributed by atoms with E-state index in [1.54, 1.807) is 0 Å². The van der Waals surface area contributed by atoms with Gasteiger partial charge >= 0.3 is 18.4 Å². The van der Waals surface area contributed by atoms with Crippen molar-refractivity contribution in [2.75, 3.05) is 5.32 Å². The molecule has 2 amide bonds. The number of nitrogens with one attached hydrogen (secondary N) is 2. The number of amides is 2. The van der Waals surface area contributed by atoms with Crippen LogP contribution in [0.1, 0.15) is 28.5 Å². The van der Waals surface area contributed by atoms with Gasteiger partial charge in [-0.2, -0.15) is 26.3 Å². The van der Waals surface area contributed by atoms with Crippen molar-refractivity contribution in [1.82, 2.24) is 10.3 Å². The summed E-state index contributed by atoms with van der Waals surface area (Å²) >= 11 is 5.91. The molecule has 1 atom stereocenters.